The van der Waals surface area contributed by atoms with E-state index in [9.17, 15) is 9.90 Å². The first-order valence-electron chi connectivity index (χ1n) is 8.73. The number of halogens is 1. The molecule has 0 atom stereocenters. The second-order valence-corrected chi connectivity index (χ2v) is 7.74. The van der Waals surface area contributed by atoms with Gasteiger partial charge in [0.05, 0.1) is 5.56 Å². The van der Waals surface area contributed by atoms with Crippen molar-refractivity contribution in [2.45, 2.75) is 26.7 Å². The minimum atomic E-state index is -0.148. The summed E-state index contributed by atoms with van der Waals surface area (Å²) in [6, 6.07) is 6.90. The van der Waals surface area contributed by atoms with Crippen molar-refractivity contribution >= 4 is 27.7 Å². The van der Waals surface area contributed by atoms with Gasteiger partial charge in [-0.25, -0.2) is 9.97 Å². The number of rotatable bonds is 3. The predicted octanol–water partition coefficient (Wildman–Crippen LogP) is 3.34. The monoisotopic (exact) mass is 418 g/mol. The van der Waals surface area contributed by atoms with Crippen molar-refractivity contribution in [2.24, 2.45) is 0 Å². The van der Waals surface area contributed by atoms with E-state index in [1.807, 2.05) is 13.0 Å². The fraction of sp³-hybridized carbons (Fsp3) is 0.421. The van der Waals surface area contributed by atoms with Gasteiger partial charge in [0.15, 0.2) is 0 Å². The summed E-state index contributed by atoms with van der Waals surface area (Å²) in [6.07, 6.45) is 0. The van der Waals surface area contributed by atoms with Crippen LogP contribution in [0.5, 0.6) is 5.75 Å². The van der Waals surface area contributed by atoms with Gasteiger partial charge in [0.1, 0.15) is 17.4 Å². The van der Waals surface area contributed by atoms with E-state index in [-0.39, 0.29) is 17.6 Å². The van der Waals surface area contributed by atoms with Gasteiger partial charge in [0.2, 0.25) is 0 Å². The molecule has 2 heterocycles. The summed E-state index contributed by atoms with van der Waals surface area (Å²) in [5.41, 5.74) is 1.28. The van der Waals surface area contributed by atoms with Crippen LogP contribution < -0.4 is 4.90 Å². The molecule has 0 spiro atoms. The Morgan fingerprint density at radius 3 is 2.50 bits per heavy atom. The van der Waals surface area contributed by atoms with E-state index >= 15 is 0 Å². The van der Waals surface area contributed by atoms with Gasteiger partial charge >= 0.3 is 0 Å². The minimum absolute atomic E-state index is 0.00799. The number of benzene rings is 1. The lowest BCUT2D eigenvalue weighted by Gasteiger charge is -2.35. The summed E-state index contributed by atoms with van der Waals surface area (Å²) in [5, 5.41) is 9.98. The highest BCUT2D eigenvalue weighted by atomic mass is 79.9. The molecule has 1 aliphatic rings. The van der Waals surface area contributed by atoms with Crippen LogP contribution in [0.15, 0.2) is 28.7 Å². The number of nitrogens with zero attached hydrogens (tertiary/aromatic N) is 4. The Labute approximate surface area is 162 Å². The number of aromatic hydroxyl groups is 1. The van der Waals surface area contributed by atoms with Gasteiger partial charge in [-0.2, -0.15) is 0 Å². The fourth-order valence-corrected chi connectivity index (χ4v) is 3.34. The van der Waals surface area contributed by atoms with Gasteiger partial charge in [-0.3, -0.25) is 4.79 Å². The van der Waals surface area contributed by atoms with E-state index in [1.165, 1.54) is 6.07 Å². The van der Waals surface area contributed by atoms with E-state index in [1.54, 1.807) is 17.0 Å². The van der Waals surface area contributed by atoms with Crippen molar-refractivity contribution in [2.75, 3.05) is 31.1 Å². The van der Waals surface area contributed by atoms with Gasteiger partial charge in [0, 0.05) is 48.3 Å². The lowest BCUT2D eigenvalue weighted by Crippen LogP contribution is -2.49. The molecule has 1 saturated heterocycles. The van der Waals surface area contributed by atoms with Crippen molar-refractivity contribution in [3.05, 3.63) is 45.8 Å². The number of carbonyl (C=O) groups excluding carboxylic acids is 1. The van der Waals surface area contributed by atoms with E-state index in [2.05, 4.69) is 44.6 Å². The number of hydrogen-bond donors (Lipinski definition) is 1. The first kappa shape index (κ1) is 18.6. The Balaban J connectivity index is 1.71. The summed E-state index contributed by atoms with van der Waals surface area (Å²) in [7, 11) is 0. The first-order valence-corrected chi connectivity index (χ1v) is 9.53. The molecule has 1 aliphatic heterocycles. The molecule has 1 aromatic carbocycles. The Morgan fingerprint density at radius 1 is 1.15 bits per heavy atom. The highest BCUT2D eigenvalue weighted by Gasteiger charge is 2.25. The third kappa shape index (κ3) is 3.98. The lowest BCUT2D eigenvalue weighted by atomic mass is 10.1. The standard InChI is InChI=1S/C19H23BrN4O2/c1-12(2)18-21-13(3)10-17(22-18)23-6-8-24(9-7-23)19(26)15-11-14(20)4-5-16(15)25/h4-5,10-12,25H,6-9H2,1-3H3. The predicted molar refractivity (Wildman–Crippen MR) is 105 cm³/mol. The number of aryl methyl sites for hydroxylation is 1. The Kier molecular flexibility index (Phi) is 5.46. The average Bonchev–Trinajstić information content (AvgIpc) is 2.62. The van der Waals surface area contributed by atoms with E-state index < -0.39 is 0 Å². The molecule has 1 N–H and O–H groups in total. The molecule has 1 fully saturated rings. The van der Waals surface area contributed by atoms with Crippen LogP contribution in [0.2, 0.25) is 0 Å². The zero-order chi connectivity index (χ0) is 18.8. The summed E-state index contributed by atoms with van der Waals surface area (Å²) in [6.45, 7) is 8.73. The Bertz CT molecular complexity index is 817. The van der Waals surface area contributed by atoms with E-state index in [4.69, 9.17) is 0 Å². The van der Waals surface area contributed by atoms with Crippen LogP contribution in [0.3, 0.4) is 0 Å². The number of phenols is 1. The average molecular weight is 419 g/mol. The maximum Gasteiger partial charge on any atom is 0.257 e. The molecule has 6 nitrogen and oxygen atoms in total. The molecule has 0 aliphatic carbocycles. The van der Waals surface area contributed by atoms with Crippen molar-refractivity contribution in [3.8, 4) is 5.75 Å². The molecular formula is C19H23BrN4O2. The molecule has 0 bridgehead atoms. The lowest BCUT2D eigenvalue weighted by molar-refractivity contribution is 0.0743. The van der Waals surface area contributed by atoms with Crippen LogP contribution in [0.25, 0.3) is 0 Å². The summed E-state index contributed by atoms with van der Waals surface area (Å²) >= 11 is 3.35. The zero-order valence-electron chi connectivity index (χ0n) is 15.2. The molecule has 0 unspecified atom stereocenters. The first-order chi connectivity index (χ1) is 12.3. The quantitative estimate of drug-likeness (QED) is 0.827. The van der Waals surface area contributed by atoms with Crippen molar-refractivity contribution in [1.82, 2.24) is 14.9 Å². The molecule has 0 radical (unpaired) electrons. The highest BCUT2D eigenvalue weighted by Crippen LogP contribution is 2.24. The van der Waals surface area contributed by atoms with Crippen molar-refractivity contribution in [1.29, 1.82) is 0 Å². The maximum absolute atomic E-state index is 12.7. The smallest absolute Gasteiger partial charge is 0.257 e. The number of aromatic nitrogens is 2. The normalized spacial score (nSPS) is 14.8. The third-order valence-electron chi connectivity index (χ3n) is 4.45. The molecular weight excluding hydrogens is 396 g/mol. The highest BCUT2D eigenvalue weighted by molar-refractivity contribution is 9.10. The molecule has 2 aromatic rings. The number of hydrogen-bond acceptors (Lipinski definition) is 5. The van der Waals surface area contributed by atoms with Crippen LogP contribution in [-0.4, -0.2) is 52.1 Å². The summed E-state index contributed by atoms with van der Waals surface area (Å²) in [5.74, 6) is 1.89. The van der Waals surface area contributed by atoms with Gasteiger partial charge in [0.25, 0.3) is 5.91 Å². The SMILES string of the molecule is Cc1cc(N2CCN(C(=O)c3cc(Br)ccc3O)CC2)nc(C(C)C)n1. The van der Waals surface area contributed by atoms with Crippen LogP contribution >= 0.6 is 15.9 Å². The number of phenolic OH excluding ortho intramolecular Hbond substituents is 1. The number of amides is 1. The molecule has 0 saturated carbocycles. The molecule has 26 heavy (non-hydrogen) atoms. The Morgan fingerprint density at radius 2 is 1.85 bits per heavy atom. The van der Waals surface area contributed by atoms with E-state index in [0.29, 0.717) is 31.7 Å². The van der Waals surface area contributed by atoms with Crippen LogP contribution in [0.1, 0.15) is 41.6 Å². The van der Waals surface area contributed by atoms with Crippen LogP contribution in [-0.2, 0) is 0 Å². The van der Waals surface area contributed by atoms with Crippen LogP contribution in [0.4, 0.5) is 5.82 Å². The second-order valence-electron chi connectivity index (χ2n) is 6.82. The minimum Gasteiger partial charge on any atom is -0.507 e. The molecule has 1 aromatic heterocycles. The number of anilines is 1. The number of carbonyl (C=O) groups is 1. The van der Waals surface area contributed by atoms with Gasteiger partial charge in [-0.15, -0.1) is 0 Å². The van der Waals surface area contributed by atoms with Crippen molar-refractivity contribution < 1.29 is 9.90 Å². The fourth-order valence-electron chi connectivity index (χ4n) is 2.98. The molecule has 3 rings (SSSR count). The topological polar surface area (TPSA) is 69.6 Å². The largest absolute Gasteiger partial charge is 0.507 e. The van der Waals surface area contributed by atoms with Crippen LogP contribution in [0, 0.1) is 6.92 Å². The summed E-state index contributed by atoms with van der Waals surface area (Å²) < 4.78 is 0.773. The Hall–Kier alpha value is -2.15. The van der Waals surface area contributed by atoms with Gasteiger partial charge in [-0.05, 0) is 25.1 Å². The van der Waals surface area contributed by atoms with Gasteiger partial charge < -0.3 is 14.9 Å². The molecule has 138 valence electrons. The maximum atomic E-state index is 12.7. The molecule has 1 amide bonds. The van der Waals surface area contributed by atoms with E-state index in [0.717, 1.165) is 21.8 Å². The van der Waals surface area contributed by atoms with Crippen molar-refractivity contribution in [3.63, 3.8) is 0 Å². The van der Waals surface area contributed by atoms with Gasteiger partial charge in [-0.1, -0.05) is 29.8 Å². The number of piperazine rings is 1. The summed E-state index contributed by atoms with van der Waals surface area (Å²) in [4.78, 5) is 25.8. The zero-order valence-corrected chi connectivity index (χ0v) is 16.8. The molecule has 7 heteroatoms. The third-order valence-corrected chi connectivity index (χ3v) is 4.95. The second kappa shape index (κ2) is 7.61.